The van der Waals surface area contributed by atoms with Crippen molar-refractivity contribution in [3.05, 3.63) is 22.6 Å². The van der Waals surface area contributed by atoms with Gasteiger partial charge in [-0.1, -0.05) is 6.42 Å². The fraction of sp³-hybridized carbons (Fsp3) is 0.600. The smallest absolute Gasteiger partial charge is 0.155 e. The Bertz CT molecular complexity index is 468. The van der Waals surface area contributed by atoms with E-state index in [4.69, 9.17) is 10.2 Å². The highest BCUT2D eigenvalue weighted by Gasteiger charge is 2.36. The lowest BCUT2D eigenvalue weighted by atomic mass is 10.1. The van der Waals surface area contributed by atoms with Crippen LogP contribution in [0.25, 0.3) is 0 Å². The minimum absolute atomic E-state index is 0.240. The molecule has 2 atom stereocenters. The standard InChI is InChI=1S/C10H14BrNO3S/c11-7-4-5-15-10(7)9(12)8-3-1-2-6-16(8,13)14/h4-5,8-9H,1-3,6,12H2. The zero-order chi connectivity index (χ0) is 11.8. The van der Waals surface area contributed by atoms with Crippen molar-refractivity contribution in [2.75, 3.05) is 5.75 Å². The maximum absolute atomic E-state index is 11.9. The van der Waals surface area contributed by atoms with Crippen LogP contribution in [0.1, 0.15) is 31.1 Å². The van der Waals surface area contributed by atoms with Crippen molar-refractivity contribution in [2.24, 2.45) is 5.73 Å². The molecular formula is C10H14BrNO3S. The summed E-state index contributed by atoms with van der Waals surface area (Å²) in [7, 11) is -3.07. The second-order valence-corrected chi connectivity index (χ2v) is 7.25. The summed E-state index contributed by atoms with van der Waals surface area (Å²) in [5.41, 5.74) is 5.99. The fourth-order valence-electron chi connectivity index (χ4n) is 2.09. The molecule has 1 aromatic rings. The lowest BCUT2D eigenvalue weighted by Crippen LogP contribution is -2.37. The summed E-state index contributed by atoms with van der Waals surface area (Å²) in [5, 5.41) is -0.510. The number of halogens is 1. The Morgan fingerprint density at radius 1 is 1.50 bits per heavy atom. The summed E-state index contributed by atoms with van der Waals surface area (Å²) in [6.07, 6.45) is 3.78. The Hall–Kier alpha value is -0.330. The Labute approximate surface area is 103 Å². The van der Waals surface area contributed by atoms with Crippen LogP contribution in [0.5, 0.6) is 0 Å². The molecule has 1 aliphatic heterocycles. The van der Waals surface area contributed by atoms with Crippen molar-refractivity contribution in [2.45, 2.75) is 30.6 Å². The van der Waals surface area contributed by atoms with E-state index in [9.17, 15) is 8.42 Å². The van der Waals surface area contributed by atoms with Crippen LogP contribution in [0, 0.1) is 0 Å². The van der Waals surface area contributed by atoms with E-state index in [1.807, 2.05) is 0 Å². The van der Waals surface area contributed by atoms with Crippen LogP contribution in [0.3, 0.4) is 0 Å². The molecule has 2 rings (SSSR count). The van der Waals surface area contributed by atoms with Gasteiger partial charge in [-0.05, 0) is 34.8 Å². The van der Waals surface area contributed by atoms with E-state index in [2.05, 4.69) is 15.9 Å². The van der Waals surface area contributed by atoms with Gasteiger partial charge >= 0.3 is 0 Å². The molecule has 0 bridgehead atoms. The van der Waals surface area contributed by atoms with Crippen LogP contribution in [0.15, 0.2) is 21.2 Å². The maximum Gasteiger partial charge on any atom is 0.155 e. The summed E-state index contributed by atoms with van der Waals surface area (Å²) in [6, 6.07) is 1.15. The predicted molar refractivity (Wildman–Crippen MR) is 64.8 cm³/mol. The molecule has 2 N–H and O–H groups in total. The Kier molecular flexibility index (Phi) is 3.42. The van der Waals surface area contributed by atoms with Crippen molar-refractivity contribution < 1.29 is 12.8 Å². The number of hydrogen-bond acceptors (Lipinski definition) is 4. The summed E-state index contributed by atoms with van der Waals surface area (Å²) < 4.78 is 29.8. The van der Waals surface area contributed by atoms with E-state index in [-0.39, 0.29) is 5.75 Å². The van der Waals surface area contributed by atoms with Gasteiger partial charge in [-0.15, -0.1) is 0 Å². The van der Waals surface area contributed by atoms with Crippen LogP contribution in [0.4, 0.5) is 0 Å². The molecule has 0 radical (unpaired) electrons. The average molecular weight is 308 g/mol. The first-order chi connectivity index (χ1) is 7.52. The van der Waals surface area contributed by atoms with Crippen molar-refractivity contribution in [1.29, 1.82) is 0 Å². The van der Waals surface area contributed by atoms with Gasteiger partial charge in [0.25, 0.3) is 0 Å². The largest absolute Gasteiger partial charge is 0.466 e. The topological polar surface area (TPSA) is 73.3 Å². The average Bonchev–Trinajstić information content (AvgIpc) is 2.63. The molecule has 0 aliphatic carbocycles. The van der Waals surface area contributed by atoms with Crippen molar-refractivity contribution >= 4 is 25.8 Å². The zero-order valence-electron chi connectivity index (χ0n) is 8.73. The Morgan fingerprint density at radius 2 is 2.25 bits per heavy atom. The zero-order valence-corrected chi connectivity index (χ0v) is 11.1. The molecule has 0 saturated carbocycles. The summed E-state index contributed by atoms with van der Waals surface area (Å²) in [5.74, 6) is 0.763. The minimum atomic E-state index is -3.07. The lowest BCUT2D eigenvalue weighted by Gasteiger charge is -2.26. The van der Waals surface area contributed by atoms with E-state index < -0.39 is 21.1 Å². The van der Waals surface area contributed by atoms with Gasteiger partial charge in [0.05, 0.1) is 27.8 Å². The van der Waals surface area contributed by atoms with E-state index in [1.54, 1.807) is 6.07 Å². The molecule has 6 heteroatoms. The predicted octanol–water partition coefficient (Wildman–Crippen LogP) is 2.01. The molecule has 0 spiro atoms. The molecule has 0 amide bonds. The first-order valence-electron chi connectivity index (χ1n) is 5.22. The highest BCUT2D eigenvalue weighted by Crippen LogP contribution is 2.32. The third kappa shape index (κ3) is 2.19. The number of rotatable bonds is 2. The van der Waals surface area contributed by atoms with E-state index in [0.29, 0.717) is 12.2 Å². The van der Waals surface area contributed by atoms with Crippen LogP contribution in [-0.2, 0) is 9.84 Å². The van der Waals surface area contributed by atoms with E-state index >= 15 is 0 Å². The van der Waals surface area contributed by atoms with E-state index in [0.717, 1.165) is 17.3 Å². The minimum Gasteiger partial charge on any atom is -0.466 e. The Balaban J connectivity index is 2.28. The molecule has 2 unspecified atom stereocenters. The molecule has 1 aliphatic rings. The van der Waals surface area contributed by atoms with Crippen molar-refractivity contribution in [3.8, 4) is 0 Å². The summed E-state index contributed by atoms with van der Waals surface area (Å²) >= 11 is 3.30. The monoisotopic (exact) mass is 307 g/mol. The Morgan fingerprint density at radius 3 is 2.81 bits per heavy atom. The van der Waals surface area contributed by atoms with Crippen LogP contribution in [-0.4, -0.2) is 19.4 Å². The van der Waals surface area contributed by atoms with E-state index in [1.165, 1.54) is 6.26 Å². The molecule has 1 fully saturated rings. The molecule has 2 heterocycles. The van der Waals surface area contributed by atoms with Gasteiger partial charge in [0.1, 0.15) is 5.76 Å². The molecule has 1 aromatic heterocycles. The molecule has 90 valence electrons. The third-order valence-electron chi connectivity index (χ3n) is 2.98. The molecular weight excluding hydrogens is 294 g/mol. The fourth-order valence-corrected chi connectivity index (χ4v) is 4.57. The SMILES string of the molecule is NC(c1occc1Br)C1CCCCS1(=O)=O. The highest BCUT2D eigenvalue weighted by atomic mass is 79.9. The number of nitrogens with two attached hydrogens (primary N) is 1. The van der Waals surface area contributed by atoms with Gasteiger partial charge in [0, 0.05) is 0 Å². The third-order valence-corrected chi connectivity index (χ3v) is 5.94. The van der Waals surface area contributed by atoms with Gasteiger partial charge in [-0.25, -0.2) is 8.42 Å². The quantitative estimate of drug-likeness (QED) is 0.907. The first kappa shape index (κ1) is 12.1. The number of furan rings is 1. The summed E-state index contributed by atoms with van der Waals surface area (Å²) in [6.45, 7) is 0. The lowest BCUT2D eigenvalue weighted by molar-refractivity contribution is 0.426. The maximum atomic E-state index is 11.9. The normalized spacial score (nSPS) is 26.5. The van der Waals surface area contributed by atoms with Gasteiger partial charge in [0.15, 0.2) is 9.84 Å². The first-order valence-corrected chi connectivity index (χ1v) is 7.73. The van der Waals surface area contributed by atoms with Crippen LogP contribution < -0.4 is 5.73 Å². The molecule has 1 saturated heterocycles. The number of sulfone groups is 1. The van der Waals surface area contributed by atoms with Crippen LogP contribution >= 0.6 is 15.9 Å². The summed E-state index contributed by atoms with van der Waals surface area (Å²) in [4.78, 5) is 0. The van der Waals surface area contributed by atoms with Crippen molar-refractivity contribution in [1.82, 2.24) is 0 Å². The van der Waals surface area contributed by atoms with Gasteiger partial charge in [-0.3, -0.25) is 0 Å². The molecule has 0 aromatic carbocycles. The second-order valence-electron chi connectivity index (χ2n) is 4.06. The molecule has 4 nitrogen and oxygen atoms in total. The van der Waals surface area contributed by atoms with Gasteiger partial charge in [0.2, 0.25) is 0 Å². The number of hydrogen-bond donors (Lipinski definition) is 1. The molecule has 16 heavy (non-hydrogen) atoms. The van der Waals surface area contributed by atoms with Gasteiger partial charge < -0.3 is 10.2 Å². The second kappa shape index (κ2) is 4.50. The van der Waals surface area contributed by atoms with Gasteiger partial charge in [-0.2, -0.15) is 0 Å². The van der Waals surface area contributed by atoms with Crippen LogP contribution in [0.2, 0.25) is 0 Å². The highest BCUT2D eigenvalue weighted by molar-refractivity contribution is 9.10. The van der Waals surface area contributed by atoms with Crippen molar-refractivity contribution in [3.63, 3.8) is 0 Å².